The van der Waals surface area contributed by atoms with Gasteiger partial charge in [0.25, 0.3) is 6.71 Å². The summed E-state index contributed by atoms with van der Waals surface area (Å²) < 4.78 is 13.1. The molecule has 0 spiro atoms. The number of ether oxygens (including phenoxy) is 2. The normalized spacial score (nSPS) is 15.7. The summed E-state index contributed by atoms with van der Waals surface area (Å²) in [7, 11) is 0. The molecule has 0 fully saturated rings. The molecule has 0 N–H and O–H groups in total. The zero-order chi connectivity index (χ0) is 20.1. The quantitative estimate of drug-likeness (QED) is 0.385. The lowest BCUT2D eigenvalue weighted by Crippen LogP contribution is -2.58. The molecule has 8 rings (SSSR count). The molecular weight excluding hydrogens is 379 g/mol. The molecule has 0 aromatic heterocycles. The minimum absolute atomic E-state index is 0.180. The standard InChI is InChI=1S/C28H19BO2/c1-2-4-16(5-3-1)21-14-26-28-27(15-21)31-25-13-20-9-7-18(20)11-23(25)29(28)22-10-17-6-8-19(17)12-24(22)30-26/h1-5,10-15H,6-9H2. The maximum Gasteiger partial charge on any atom is 0.260 e. The van der Waals surface area contributed by atoms with Gasteiger partial charge < -0.3 is 9.47 Å². The van der Waals surface area contributed by atoms with E-state index < -0.39 is 0 Å². The van der Waals surface area contributed by atoms with Gasteiger partial charge in [0.2, 0.25) is 0 Å². The van der Waals surface area contributed by atoms with E-state index >= 15 is 0 Å². The van der Waals surface area contributed by atoms with Crippen LogP contribution in [0.25, 0.3) is 11.1 Å². The second-order valence-corrected chi connectivity index (χ2v) is 9.21. The predicted octanol–water partition coefficient (Wildman–Crippen LogP) is 4.28. The first-order valence-corrected chi connectivity index (χ1v) is 11.2. The third-order valence-electron chi connectivity index (χ3n) is 7.55. The van der Waals surface area contributed by atoms with Gasteiger partial charge in [-0.05, 0) is 94.3 Å². The fourth-order valence-corrected chi connectivity index (χ4v) is 5.68. The van der Waals surface area contributed by atoms with E-state index in [4.69, 9.17) is 9.47 Å². The molecule has 2 nitrogen and oxygen atoms in total. The number of fused-ring (bicyclic) bond motifs is 6. The van der Waals surface area contributed by atoms with Crippen LogP contribution in [0.1, 0.15) is 22.3 Å². The number of hydrogen-bond acceptors (Lipinski definition) is 2. The first-order chi connectivity index (χ1) is 15.3. The first kappa shape index (κ1) is 16.3. The van der Waals surface area contributed by atoms with Gasteiger partial charge in [-0.25, -0.2) is 0 Å². The van der Waals surface area contributed by atoms with Crippen molar-refractivity contribution in [1.82, 2.24) is 0 Å². The molecule has 2 aliphatic heterocycles. The molecule has 4 aromatic rings. The van der Waals surface area contributed by atoms with Crippen molar-refractivity contribution in [1.29, 1.82) is 0 Å². The highest BCUT2D eigenvalue weighted by atomic mass is 16.5. The van der Waals surface area contributed by atoms with E-state index in [1.807, 2.05) is 0 Å². The second kappa shape index (κ2) is 5.61. The van der Waals surface area contributed by atoms with Crippen molar-refractivity contribution in [3.63, 3.8) is 0 Å². The Labute approximate surface area is 181 Å². The van der Waals surface area contributed by atoms with Gasteiger partial charge in [0.1, 0.15) is 23.0 Å². The molecule has 4 aromatic carbocycles. The highest BCUT2D eigenvalue weighted by Crippen LogP contribution is 2.40. The highest BCUT2D eigenvalue weighted by Gasteiger charge is 2.42. The van der Waals surface area contributed by atoms with Crippen LogP contribution in [0, 0.1) is 0 Å². The predicted molar refractivity (Wildman–Crippen MR) is 124 cm³/mol. The van der Waals surface area contributed by atoms with E-state index in [0.717, 1.165) is 41.4 Å². The van der Waals surface area contributed by atoms with Gasteiger partial charge in [0.15, 0.2) is 0 Å². The van der Waals surface area contributed by atoms with Gasteiger partial charge >= 0.3 is 0 Å². The minimum Gasteiger partial charge on any atom is -0.458 e. The molecule has 4 aliphatic rings. The smallest absolute Gasteiger partial charge is 0.260 e. The Morgan fingerprint density at radius 3 is 1.55 bits per heavy atom. The van der Waals surface area contributed by atoms with Gasteiger partial charge in [0, 0.05) is 5.46 Å². The molecule has 0 saturated carbocycles. The van der Waals surface area contributed by atoms with Crippen LogP contribution in [0.3, 0.4) is 0 Å². The van der Waals surface area contributed by atoms with Crippen molar-refractivity contribution in [3.8, 4) is 34.1 Å². The van der Waals surface area contributed by atoms with Crippen LogP contribution in [-0.4, -0.2) is 6.71 Å². The van der Waals surface area contributed by atoms with Crippen LogP contribution in [0.2, 0.25) is 0 Å². The van der Waals surface area contributed by atoms with Crippen LogP contribution in [-0.2, 0) is 25.7 Å². The highest BCUT2D eigenvalue weighted by molar-refractivity contribution is 6.98. The average molecular weight is 398 g/mol. The van der Waals surface area contributed by atoms with Gasteiger partial charge in [-0.2, -0.15) is 0 Å². The number of rotatable bonds is 1. The number of hydrogen-bond donors (Lipinski definition) is 0. The molecule has 2 heterocycles. The number of aryl methyl sites for hydroxylation is 4. The van der Waals surface area contributed by atoms with Crippen LogP contribution >= 0.6 is 0 Å². The molecule has 0 unspecified atom stereocenters. The number of benzene rings is 4. The van der Waals surface area contributed by atoms with E-state index in [2.05, 4.69) is 66.7 Å². The molecule has 2 aliphatic carbocycles. The molecule has 0 amide bonds. The van der Waals surface area contributed by atoms with Crippen molar-refractivity contribution < 1.29 is 9.47 Å². The second-order valence-electron chi connectivity index (χ2n) is 9.21. The maximum atomic E-state index is 6.56. The SMILES string of the molecule is c1ccc(-c2cc3c4c(c2)Oc2cc5c(cc2B4c2cc4c(cc2O3)CC4)CC5)cc1. The minimum atomic E-state index is 0.180. The topological polar surface area (TPSA) is 18.5 Å². The third kappa shape index (κ3) is 2.14. The lowest BCUT2D eigenvalue weighted by Gasteiger charge is -2.36. The van der Waals surface area contributed by atoms with E-state index in [9.17, 15) is 0 Å². The van der Waals surface area contributed by atoms with E-state index in [-0.39, 0.29) is 6.71 Å². The van der Waals surface area contributed by atoms with Crippen molar-refractivity contribution in [3.05, 3.63) is 89.0 Å². The fraction of sp³-hybridized carbons (Fsp3) is 0.143. The van der Waals surface area contributed by atoms with Crippen molar-refractivity contribution in [2.24, 2.45) is 0 Å². The summed E-state index contributed by atoms with van der Waals surface area (Å²) in [6.07, 6.45) is 4.67. The summed E-state index contributed by atoms with van der Waals surface area (Å²) in [6.45, 7) is 0.180. The van der Waals surface area contributed by atoms with Crippen LogP contribution in [0.4, 0.5) is 0 Å². The summed E-state index contributed by atoms with van der Waals surface area (Å²) in [5.74, 6) is 3.90. The summed E-state index contributed by atoms with van der Waals surface area (Å²) in [4.78, 5) is 0. The van der Waals surface area contributed by atoms with Crippen molar-refractivity contribution in [2.75, 3.05) is 0 Å². The largest absolute Gasteiger partial charge is 0.458 e. The van der Waals surface area contributed by atoms with Crippen LogP contribution in [0.5, 0.6) is 23.0 Å². The molecule has 0 saturated heterocycles. The third-order valence-corrected chi connectivity index (χ3v) is 7.55. The van der Waals surface area contributed by atoms with Gasteiger partial charge in [-0.3, -0.25) is 0 Å². The van der Waals surface area contributed by atoms with Crippen LogP contribution in [0.15, 0.2) is 66.7 Å². The zero-order valence-electron chi connectivity index (χ0n) is 17.1. The molecule has 31 heavy (non-hydrogen) atoms. The average Bonchev–Trinajstić information content (AvgIpc) is 2.77. The molecule has 3 heteroatoms. The van der Waals surface area contributed by atoms with Gasteiger partial charge in [-0.15, -0.1) is 0 Å². The Morgan fingerprint density at radius 2 is 1.03 bits per heavy atom. The summed E-state index contributed by atoms with van der Waals surface area (Å²) >= 11 is 0. The maximum absolute atomic E-state index is 6.56. The molecule has 0 bridgehead atoms. The Morgan fingerprint density at radius 1 is 0.516 bits per heavy atom. The molecule has 146 valence electrons. The van der Waals surface area contributed by atoms with Crippen molar-refractivity contribution in [2.45, 2.75) is 25.7 Å². The summed E-state index contributed by atoms with van der Waals surface area (Å²) in [5, 5.41) is 0. The van der Waals surface area contributed by atoms with E-state index in [1.54, 1.807) is 0 Å². The molecule has 0 radical (unpaired) electrons. The Hall–Kier alpha value is -3.46. The summed E-state index contributed by atoms with van der Waals surface area (Å²) in [6, 6.07) is 24.2. The van der Waals surface area contributed by atoms with Gasteiger partial charge in [-0.1, -0.05) is 42.5 Å². The fourth-order valence-electron chi connectivity index (χ4n) is 5.68. The zero-order valence-corrected chi connectivity index (χ0v) is 17.1. The van der Waals surface area contributed by atoms with Gasteiger partial charge in [0.05, 0.1) is 0 Å². The Kier molecular flexibility index (Phi) is 2.95. The summed E-state index contributed by atoms with van der Waals surface area (Å²) in [5.41, 5.74) is 11.9. The first-order valence-electron chi connectivity index (χ1n) is 11.2. The lowest BCUT2D eigenvalue weighted by molar-refractivity contribution is 0.463. The molecular formula is C28H19BO2. The molecule has 0 atom stereocenters. The van der Waals surface area contributed by atoms with E-state index in [1.165, 1.54) is 57.0 Å². The lowest BCUT2D eigenvalue weighted by atomic mass is 9.34. The van der Waals surface area contributed by atoms with E-state index in [0.29, 0.717) is 0 Å². The van der Waals surface area contributed by atoms with Crippen LogP contribution < -0.4 is 25.9 Å². The Balaban J connectivity index is 1.41. The van der Waals surface area contributed by atoms with Crippen molar-refractivity contribution >= 4 is 23.1 Å². The Bertz CT molecular complexity index is 1350. The monoisotopic (exact) mass is 398 g/mol.